The number of hydrogen-bond acceptors (Lipinski definition) is 11. The summed E-state index contributed by atoms with van der Waals surface area (Å²) in [6.45, 7) is 16.6. The summed E-state index contributed by atoms with van der Waals surface area (Å²) in [5.41, 5.74) is 1.16. The largest absolute Gasteiger partial charge is 0.379 e. The molecule has 0 aromatic heterocycles. The van der Waals surface area contributed by atoms with Crippen molar-refractivity contribution in [3.8, 4) is 0 Å². The van der Waals surface area contributed by atoms with Crippen molar-refractivity contribution in [3.05, 3.63) is 35.9 Å². The Kier molecular flexibility index (Phi) is 31.2. The average molecular weight is 619 g/mol. The van der Waals surface area contributed by atoms with Gasteiger partial charge in [0.1, 0.15) is 0 Å². The Bertz CT molecular complexity index is 653. The minimum Gasteiger partial charge on any atom is -0.379 e. The van der Waals surface area contributed by atoms with Crippen LogP contribution in [0, 0.1) is 5.92 Å². The highest BCUT2D eigenvalue weighted by Gasteiger charge is 1.99. The highest BCUT2D eigenvalue weighted by atomic mass is 16.6. The second-order valence-corrected chi connectivity index (χ2v) is 9.64. The van der Waals surface area contributed by atoms with E-state index in [1.807, 2.05) is 30.3 Å². The standard InChI is InChI=1S/C32H58O11/c1-3-31(2)29-42-27-25-40-23-21-38-19-17-36-15-13-34-11-9-33-10-12-35-14-16-37-18-20-39-22-24-41-26-28-43-30-32-7-5-4-6-8-32/h4-8,31H,3,9-30H2,1-2H3. The second-order valence-electron chi connectivity index (χ2n) is 9.64. The summed E-state index contributed by atoms with van der Waals surface area (Å²) in [6, 6.07) is 10.1. The van der Waals surface area contributed by atoms with Crippen LogP contribution in [-0.4, -0.2) is 139 Å². The second kappa shape index (κ2) is 33.7. The smallest absolute Gasteiger partial charge is 0.0718 e. The van der Waals surface area contributed by atoms with Crippen LogP contribution in [-0.2, 0) is 58.7 Å². The molecular weight excluding hydrogens is 560 g/mol. The fourth-order valence-electron chi connectivity index (χ4n) is 3.26. The molecule has 0 fully saturated rings. The van der Waals surface area contributed by atoms with E-state index in [1.165, 1.54) is 0 Å². The van der Waals surface area contributed by atoms with E-state index >= 15 is 0 Å². The Balaban J connectivity index is 1.62. The van der Waals surface area contributed by atoms with Gasteiger partial charge in [-0.3, -0.25) is 0 Å². The van der Waals surface area contributed by atoms with E-state index in [1.54, 1.807) is 0 Å². The Morgan fingerprint density at radius 2 is 0.674 bits per heavy atom. The monoisotopic (exact) mass is 618 g/mol. The highest BCUT2D eigenvalue weighted by Crippen LogP contribution is 2.01. The molecule has 0 aliphatic rings. The van der Waals surface area contributed by atoms with Gasteiger partial charge in [-0.2, -0.15) is 0 Å². The number of benzene rings is 1. The van der Waals surface area contributed by atoms with Crippen LogP contribution in [0.3, 0.4) is 0 Å². The average Bonchev–Trinajstić information content (AvgIpc) is 3.03. The zero-order chi connectivity index (χ0) is 30.7. The van der Waals surface area contributed by atoms with Gasteiger partial charge in [0, 0.05) is 6.61 Å². The molecule has 11 heteroatoms. The third-order valence-corrected chi connectivity index (χ3v) is 5.93. The lowest BCUT2D eigenvalue weighted by Crippen LogP contribution is -2.15. The molecule has 252 valence electrons. The molecule has 0 saturated heterocycles. The van der Waals surface area contributed by atoms with Crippen LogP contribution >= 0.6 is 0 Å². The maximum atomic E-state index is 5.56. The van der Waals surface area contributed by atoms with Gasteiger partial charge in [0.05, 0.1) is 139 Å². The van der Waals surface area contributed by atoms with Gasteiger partial charge in [-0.1, -0.05) is 50.6 Å². The molecule has 0 amide bonds. The van der Waals surface area contributed by atoms with Crippen molar-refractivity contribution < 1.29 is 52.1 Å². The molecule has 1 aromatic rings. The van der Waals surface area contributed by atoms with Crippen LogP contribution in [0.15, 0.2) is 30.3 Å². The predicted octanol–water partition coefficient (Wildman–Crippen LogP) is 3.42. The molecule has 1 unspecified atom stereocenters. The summed E-state index contributed by atoms with van der Waals surface area (Å²) in [5.74, 6) is 0.599. The summed E-state index contributed by atoms with van der Waals surface area (Å²) < 4.78 is 60.4. The lowest BCUT2D eigenvalue weighted by atomic mass is 10.1. The van der Waals surface area contributed by atoms with Gasteiger partial charge in [0.15, 0.2) is 0 Å². The SMILES string of the molecule is CCC(C)COCCOCCOCCOCCOCCOCCOCCOCCOCCOCCOCc1ccccc1. The molecule has 1 rings (SSSR count). The van der Waals surface area contributed by atoms with Gasteiger partial charge >= 0.3 is 0 Å². The van der Waals surface area contributed by atoms with Crippen molar-refractivity contribution in [1.29, 1.82) is 0 Å². The van der Waals surface area contributed by atoms with Gasteiger partial charge in [-0.25, -0.2) is 0 Å². The molecule has 0 aliphatic carbocycles. The van der Waals surface area contributed by atoms with Crippen LogP contribution in [0.4, 0.5) is 0 Å². The van der Waals surface area contributed by atoms with Crippen LogP contribution in [0.25, 0.3) is 0 Å². The quantitative estimate of drug-likeness (QED) is 0.105. The normalized spacial score (nSPS) is 12.2. The third kappa shape index (κ3) is 30.6. The summed E-state index contributed by atoms with van der Waals surface area (Å²) in [6.07, 6.45) is 1.13. The van der Waals surface area contributed by atoms with Crippen molar-refractivity contribution in [1.82, 2.24) is 0 Å². The van der Waals surface area contributed by atoms with Crippen molar-refractivity contribution in [3.63, 3.8) is 0 Å². The molecular formula is C32H58O11. The fraction of sp³-hybridized carbons (Fsp3) is 0.812. The minimum absolute atomic E-state index is 0.520. The molecule has 0 N–H and O–H groups in total. The van der Waals surface area contributed by atoms with Crippen LogP contribution in [0.2, 0.25) is 0 Å². The molecule has 11 nitrogen and oxygen atoms in total. The van der Waals surface area contributed by atoms with Crippen molar-refractivity contribution in [2.24, 2.45) is 5.92 Å². The number of rotatable bonds is 35. The summed E-state index contributed by atoms with van der Waals surface area (Å²) in [4.78, 5) is 0. The minimum atomic E-state index is 0.520. The van der Waals surface area contributed by atoms with Crippen molar-refractivity contribution in [2.75, 3.05) is 139 Å². The zero-order valence-electron chi connectivity index (χ0n) is 26.7. The Labute approximate surface area is 259 Å². The van der Waals surface area contributed by atoms with Gasteiger partial charge in [-0.15, -0.1) is 0 Å². The van der Waals surface area contributed by atoms with E-state index in [4.69, 9.17) is 52.1 Å². The van der Waals surface area contributed by atoms with Crippen LogP contribution in [0.1, 0.15) is 25.8 Å². The van der Waals surface area contributed by atoms with Gasteiger partial charge < -0.3 is 52.1 Å². The van der Waals surface area contributed by atoms with E-state index in [0.717, 1.165) is 18.6 Å². The maximum absolute atomic E-state index is 5.56. The molecule has 0 aliphatic heterocycles. The van der Waals surface area contributed by atoms with Crippen LogP contribution < -0.4 is 0 Å². The first kappa shape index (κ1) is 39.8. The molecule has 0 radical (unpaired) electrons. The van der Waals surface area contributed by atoms with E-state index < -0.39 is 0 Å². The number of ether oxygens (including phenoxy) is 11. The van der Waals surface area contributed by atoms with Crippen molar-refractivity contribution in [2.45, 2.75) is 26.9 Å². The molecule has 0 heterocycles. The van der Waals surface area contributed by atoms with Gasteiger partial charge in [-0.05, 0) is 11.5 Å². The molecule has 1 aromatic carbocycles. The lowest BCUT2D eigenvalue weighted by Gasteiger charge is -2.10. The maximum Gasteiger partial charge on any atom is 0.0718 e. The Morgan fingerprint density at radius 1 is 0.395 bits per heavy atom. The van der Waals surface area contributed by atoms with Gasteiger partial charge in [0.2, 0.25) is 0 Å². The first-order chi connectivity index (χ1) is 21.3. The molecule has 0 spiro atoms. The van der Waals surface area contributed by atoms with E-state index in [0.29, 0.717) is 145 Å². The lowest BCUT2D eigenvalue weighted by molar-refractivity contribution is -0.0280. The topological polar surface area (TPSA) is 102 Å². The first-order valence-corrected chi connectivity index (χ1v) is 15.7. The number of hydrogen-bond donors (Lipinski definition) is 0. The molecule has 1 atom stereocenters. The molecule has 0 bridgehead atoms. The predicted molar refractivity (Wildman–Crippen MR) is 164 cm³/mol. The van der Waals surface area contributed by atoms with E-state index in [9.17, 15) is 0 Å². The van der Waals surface area contributed by atoms with Crippen LogP contribution in [0.5, 0.6) is 0 Å². The Morgan fingerprint density at radius 3 is 0.977 bits per heavy atom. The summed E-state index contributed by atoms with van der Waals surface area (Å²) in [5, 5.41) is 0. The third-order valence-electron chi connectivity index (χ3n) is 5.93. The van der Waals surface area contributed by atoms with E-state index in [2.05, 4.69) is 13.8 Å². The fourth-order valence-corrected chi connectivity index (χ4v) is 3.26. The highest BCUT2D eigenvalue weighted by molar-refractivity contribution is 5.13. The summed E-state index contributed by atoms with van der Waals surface area (Å²) >= 11 is 0. The van der Waals surface area contributed by atoms with E-state index in [-0.39, 0.29) is 0 Å². The molecule has 0 saturated carbocycles. The van der Waals surface area contributed by atoms with Gasteiger partial charge in [0.25, 0.3) is 0 Å². The van der Waals surface area contributed by atoms with Crippen molar-refractivity contribution >= 4 is 0 Å². The Hall–Kier alpha value is -1.22. The summed E-state index contributed by atoms with van der Waals surface area (Å²) in [7, 11) is 0. The zero-order valence-corrected chi connectivity index (χ0v) is 26.7. The molecule has 43 heavy (non-hydrogen) atoms. The first-order valence-electron chi connectivity index (χ1n) is 15.7.